The first kappa shape index (κ1) is 21.2. The highest BCUT2D eigenvalue weighted by Gasteiger charge is 2.29. The van der Waals surface area contributed by atoms with Gasteiger partial charge < -0.3 is 10.1 Å². The summed E-state index contributed by atoms with van der Waals surface area (Å²) in [5.74, 6) is 0.805. The van der Waals surface area contributed by atoms with Crippen LogP contribution in [0.1, 0.15) is 30.0 Å². The van der Waals surface area contributed by atoms with Crippen molar-refractivity contribution in [2.75, 3.05) is 13.1 Å². The van der Waals surface area contributed by atoms with E-state index in [1.807, 2.05) is 66.7 Å². The molecule has 1 unspecified atom stereocenters. The topological polar surface area (TPSA) is 77.4 Å². The summed E-state index contributed by atoms with van der Waals surface area (Å²) in [7, 11) is 0. The normalized spacial score (nSPS) is 16.7. The van der Waals surface area contributed by atoms with Crippen LogP contribution in [0.25, 0.3) is 22.4 Å². The Kier molecular flexibility index (Phi) is 6.09. The van der Waals surface area contributed by atoms with Crippen molar-refractivity contribution in [3.05, 3.63) is 95.4 Å². The molecule has 2 aromatic carbocycles. The number of hydrogen-bond donors (Lipinski definition) is 2. The third kappa shape index (κ3) is 4.34. The van der Waals surface area contributed by atoms with E-state index in [4.69, 9.17) is 16.7 Å². The minimum atomic E-state index is 0.205. The molecule has 1 atom stereocenters. The number of hydrogen-bond acceptors (Lipinski definition) is 4. The van der Waals surface area contributed by atoms with Crippen LogP contribution in [0.3, 0.4) is 0 Å². The Morgan fingerprint density at radius 3 is 2.48 bits per heavy atom. The minimum Gasteiger partial charge on any atom is -0.409 e. The van der Waals surface area contributed by atoms with Gasteiger partial charge in [0.05, 0.1) is 0 Å². The Bertz CT molecular complexity index is 1240. The van der Waals surface area contributed by atoms with E-state index in [2.05, 4.69) is 20.1 Å². The Morgan fingerprint density at radius 1 is 1.00 bits per heavy atom. The molecule has 3 heterocycles. The lowest BCUT2D eigenvalue weighted by atomic mass is 9.88. The van der Waals surface area contributed by atoms with Gasteiger partial charge in [0.2, 0.25) is 0 Å². The van der Waals surface area contributed by atoms with Gasteiger partial charge in [-0.15, -0.1) is 0 Å². The van der Waals surface area contributed by atoms with Crippen molar-refractivity contribution in [1.82, 2.24) is 20.1 Å². The molecule has 2 aromatic heterocycles. The zero-order valence-corrected chi connectivity index (χ0v) is 18.8. The molecule has 1 aliphatic heterocycles. The summed E-state index contributed by atoms with van der Waals surface area (Å²) < 4.78 is 0. The number of halogens is 1. The van der Waals surface area contributed by atoms with E-state index in [0.717, 1.165) is 59.6 Å². The van der Waals surface area contributed by atoms with Gasteiger partial charge in [0.15, 0.2) is 5.84 Å². The van der Waals surface area contributed by atoms with Crippen LogP contribution in [0.15, 0.2) is 84.3 Å². The third-order valence-corrected chi connectivity index (χ3v) is 6.39. The Balaban J connectivity index is 1.53. The number of pyridine rings is 1. The maximum atomic E-state index is 9.80. The molecule has 5 rings (SSSR count). The van der Waals surface area contributed by atoms with Gasteiger partial charge in [0.1, 0.15) is 5.69 Å². The number of aromatic amines is 1. The largest absolute Gasteiger partial charge is 0.409 e. The van der Waals surface area contributed by atoms with E-state index in [-0.39, 0.29) is 5.92 Å². The number of aromatic nitrogens is 3. The molecule has 0 bridgehead atoms. The summed E-state index contributed by atoms with van der Waals surface area (Å²) in [5.41, 5.74) is 6.03. The lowest BCUT2D eigenvalue weighted by Crippen LogP contribution is -2.39. The average molecular weight is 458 g/mol. The molecular weight excluding hydrogens is 434 g/mol. The molecule has 0 saturated carbocycles. The van der Waals surface area contributed by atoms with Gasteiger partial charge in [-0.05, 0) is 42.7 Å². The summed E-state index contributed by atoms with van der Waals surface area (Å²) in [6.45, 7) is 1.57. The third-order valence-electron chi connectivity index (χ3n) is 6.14. The Morgan fingerprint density at radius 2 is 1.76 bits per heavy atom. The molecule has 1 fully saturated rings. The van der Waals surface area contributed by atoms with Gasteiger partial charge in [-0.25, -0.2) is 0 Å². The lowest BCUT2D eigenvalue weighted by molar-refractivity contribution is 0.272. The van der Waals surface area contributed by atoms with Gasteiger partial charge in [-0.3, -0.25) is 10.1 Å². The Labute approximate surface area is 197 Å². The molecule has 4 aromatic rings. The fraction of sp³-hybridized carbons (Fsp3) is 0.192. The SMILES string of the molecule is ON=C(c1ccccc1)N1CCCC(c2[nH]nc(-c3ccc(Cl)cc3)c2-c2ccncc2)C1. The van der Waals surface area contributed by atoms with E-state index < -0.39 is 0 Å². The number of oxime groups is 1. The van der Waals surface area contributed by atoms with E-state index in [1.54, 1.807) is 12.4 Å². The van der Waals surface area contributed by atoms with Crippen molar-refractivity contribution in [3.63, 3.8) is 0 Å². The van der Waals surface area contributed by atoms with Crippen LogP contribution in [0.2, 0.25) is 5.02 Å². The summed E-state index contributed by atoms with van der Waals surface area (Å²) in [6, 6.07) is 21.6. The van der Waals surface area contributed by atoms with Crippen molar-refractivity contribution in [3.8, 4) is 22.4 Å². The van der Waals surface area contributed by atoms with Gasteiger partial charge in [0.25, 0.3) is 0 Å². The van der Waals surface area contributed by atoms with Crippen LogP contribution in [0.4, 0.5) is 0 Å². The second-order valence-electron chi connectivity index (χ2n) is 8.18. The van der Waals surface area contributed by atoms with Gasteiger partial charge >= 0.3 is 0 Å². The summed E-state index contributed by atoms with van der Waals surface area (Å²) in [4.78, 5) is 6.35. The van der Waals surface area contributed by atoms with E-state index in [9.17, 15) is 5.21 Å². The summed E-state index contributed by atoms with van der Waals surface area (Å²) >= 11 is 6.12. The van der Waals surface area contributed by atoms with Gasteiger partial charge in [0, 0.05) is 58.8 Å². The molecule has 33 heavy (non-hydrogen) atoms. The van der Waals surface area contributed by atoms with Crippen molar-refractivity contribution in [1.29, 1.82) is 0 Å². The van der Waals surface area contributed by atoms with Crippen molar-refractivity contribution in [2.24, 2.45) is 5.16 Å². The van der Waals surface area contributed by atoms with Crippen LogP contribution < -0.4 is 0 Å². The highest BCUT2D eigenvalue weighted by Crippen LogP contribution is 2.39. The van der Waals surface area contributed by atoms with Crippen LogP contribution in [-0.2, 0) is 0 Å². The second-order valence-corrected chi connectivity index (χ2v) is 8.61. The molecule has 0 aliphatic carbocycles. The lowest BCUT2D eigenvalue weighted by Gasteiger charge is -2.34. The fourth-order valence-corrected chi connectivity index (χ4v) is 4.70. The first-order valence-electron chi connectivity index (χ1n) is 11.0. The van der Waals surface area contributed by atoms with Crippen molar-refractivity contribution >= 4 is 17.4 Å². The van der Waals surface area contributed by atoms with Crippen LogP contribution in [0, 0.1) is 0 Å². The van der Waals surface area contributed by atoms with Gasteiger partial charge in [-0.1, -0.05) is 59.2 Å². The molecule has 0 radical (unpaired) electrons. The second kappa shape index (κ2) is 9.46. The molecule has 6 nitrogen and oxygen atoms in total. The number of rotatable bonds is 4. The average Bonchev–Trinajstić information content (AvgIpc) is 3.32. The number of nitrogens with zero attached hydrogens (tertiary/aromatic N) is 4. The number of benzene rings is 2. The number of nitrogens with one attached hydrogen (secondary N) is 1. The van der Waals surface area contributed by atoms with Crippen molar-refractivity contribution in [2.45, 2.75) is 18.8 Å². The number of likely N-dealkylation sites (tertiary alicyclic amines) is 1. The molecule has 1 saturated heterocycles. The predicted octanol–water partition coefficient (Wildman–Crippen LogP) is 5.81. The number of amidine groups is 1. The maximum Gasteiger partial charge on any atom is 0.175 e. The smallest absolute Gasteiger partial charge is 0.175 e. The molecule has 7 heteroatoms. The van der Waals surface area contributed by atoms with E-state index >= 15 is 0 Å². The number of H-pyrrole nitrogens is 1. The highest BCUT2D eigenvalue weighted by molar-refractivity contribution is 6.30. The first-order chi connectivity index (χ1) is 16.2. The molecule has 0 spiro atoms. The predicted molar refractivity (Wildman–Crippen MR) is 131 cm³/mol. The maximum absolute atomic E-state index is 9.80. The standard InChI is InChI=1S/C26H24ClN5O/c27-22-10-8-19(9-11-22)24-23(18-12-14-28-15-13-18)25(30-29-24)21-7-4-16-32(17-21)26(31-33)20-5-2-1-3-6-20/h1-3,5-6,8-15,21,33H,4,7,16-17H2,(H,29,30). The minimum absolute atomic E-state index is 0.205. The molecule has 166 valence electrons. The first-order valence-corrected chi connectivity index (χ1v) is 11.4. The number of piperidine rings is 1. The van der Waals surface area contributed by atoms with Crippen molar-refractivity contribution < 1.29 is 5.21 Å². The highest BCUT2D eigenvalue weighted by atomic mass is 35.5. The molecular formula is C26H24ClN5O. The molecule has 1 aliphatic rings. The van der Waals surface area contributed by atoms with Gasteiger partial charge in [-0.2, -0.15) is 5.10 Å². The zero-order chi connectivity index (χ0) is 22.6. The Hall–Kier alpha value is -3.64. The molecule has 2 N–H and O–H groups in total. The van der Waals surface area contributed by atoms with E-state index in [0.29, 0.717) is 10.9 Å². The quantitative estimate of drug-likeness (QED) is 0.175. The monoisotopic (exact) mass is 457 g/mol. The summed E-state index contributed by atoms with van der Waals surface area (Å²) in [6.07, 6.45) is 5.61. The van der Waals surface area contributed by atoms with Crippen LogP contribution in [-0.4, -0.2) is 44.2 Å². The van der Waals surface area contributed by atoms with E-state index in [1.165, 1.54) is 0 Å². The fourth-order valence-electron chi connectivity index (χ4n) is 4.57. The summed E-state index contributed by atoms with van der Waals surface area (Å²) in [5, 5.41) is 22.2. The molecule has 0 amide bonds. The van der Waals surface area contributed by atoms with Crippen LogP contribution >= 0.6 is 11.6 Å². The van der Waals surface area contributed by atoms with Crippen LogP contribution in [0.5, 0.6) is 0 Å². The zero-order valence-electron chi connectivity index (χ0n) is 18.0.